The minimum atomic E-state index is -0.780. The van der Waals surface area contributed by atoms with Crippen LogP contribution in [0.3, 0.4) is 0 Å². The molecule has 1 aliphatic heterocycles. The van der Waals surface area contributed by atoms with Crippen LogP contribution in [0.2, 0.25) is 15.1 Å². The van der Waals surface area contributed by atoms with Gasteiger partial charge in [-0.2, -0.15) is 0 Å². The largest absolute Gasteiger partial charge is 0.494 e. The molecule has 1 atom stereocenters. The van der Waals surface area contributed by atoms with Crippen LogP contribution in [0.4, 0.5) is 11.4 Å². The predicted molar refractivity (Wildman–Crippen MR) is 153 cm³/mol. The molecule has 1 saturated heterocycles. The number of halogens is 3. The third-order valence-electron chi connectivity index (χ3n) is 5.87. The van der Waals surface area contributed by atoms with Crippen molar-refractivity contribution in [3.8, 4) is 5.75 Å². The topological polar surface area (TPSA) is 61.9 Å². The first-order valence-electron chi connectivity index (χ1n) is 11.6. The number of hydrogen-bond acceptors (Lipinski definition) is 4. The van der Waals surface area contributed by atoms with Gasteiger partial charge in [0.2, 0.25) is 5.91 Å². The number of rotatable bonds is 9. The number of benzene rings is 3. The first kappa shape index (κ1) is 27.2. The zero-order valence-electron chi connectivity index (χ0n) is 19.9. The molecule has 0 saturated carbocycles. The van der Waals surface area contributed by atoms with Gasteiger partial charge < -0.3 is 15.0 Å². The van der Waals surface area contributed by atoms with E-state index in [2.05, 4.69) is 5.32 Å². The summed E-state index contributed by atoms with van der Waals surface area (Å²) in [5.41, 5.74) is 2.06. The monoisotopic (exact) mass is 575 g/mol. The SMILES string of the molecule is CCOc1ccc(N2C(=O)[C@H](CC(=O)Nc3ccc(Cl)cc3)N(CCc3ccc(Cl)cc3Cl)C2=S)cc1. The maximum atomic E-state index is 13.6. The van der Waals surface area contributed by atoms with Gasteiger partial charge in [-0.05, 0) is 91.8 Å². The molecule has 6 nitrogen and oxygen atoms in total. The summed E-state index contributed by atoms with van der Waals surface area (Å²) in [5.74, 6) is 0.103. The van der Waals surface area contributed by atoms with E-state index >= 15 is 0 Å². The van der Waals surface area contributed by atoms with Gasteiger partial charge in [-0.1, -0.05) is 40.9 Å². The Morgan fingerprint density at radius 1 is 1.00 bits per heavy atom. The smallest absolute Gasteiger partial charge is 0.256 e. The summed E-state index contributed by atoms with van der Waals surface area (Å²) in [6, 6.07) is 18.4. The Morgan fingerprint density at radius 2 is 1.68 bits per heavy atom. The number of amides is 2. The summed E-state index contributed by atoms with van der Waals surface area (Å²) < 4.78 is 5.51. The second-order valence-electron chi connectivity index (χ2n) is 8.34. The Morgan fingerprint density at radius 3 is 2.32 bits per heavy atom. The molecule has 0 unspecified atom stereocenters. The van der Waals surface area contributed by atoms with Crippen molar-refractivity contribution >= 4 is 75.3 Å². The van der Waals surface area contributed by atoms with Crippen LogP contribution in [0, 0.1) is 0 Å². The molecular formula is C27H24Cl3N3O3S. The molecule has 10 heteroatoms. The molecule has 3 aromatic rings. The fraction of sp³-hybridized carbons (Fsp3) is 0.222. The first-order chi connectivity index (χ1) is 17.8. The predicted octanol–water partition coefficient (Wildman–Crippen LogP) is 6.62. The molecule has 37 heavy (non-hydrogen) atoms. The van der Waals surface area contributed by atoms with Crippen molar-refractivity contribution in [1.82, 2.24) is 4.90 Å². The third kappa shape index (κ3) is 6.54. The van der Waals surface area contributed by atoms with E-state index < -0.39 is 6.04 Å². The quantitative estimate of drug-likeness (QED) is 0.290. The Balaban J connectivity index is 1.56. The summed E-state index contributed by atoms with van der Waals surface area (Å²) in [7, 11) is 0. The van der Waals surface area contributed by atoms with Crippen molar-refractivity contribution in [2.45, 2.75) is 25.8 Å². The number of hydrogen-bond donors (Lipinski definition) is 1. The number of ether oxygens (including phenoxy) is 1. The minimum absolute atomic E-state index is 0.0799. The molecule has 2 amide bonds. The van der Waals surface area contributed by atoms with E-state index in [0.717, 1.165) is 5.56 Å². The zero-order valence-corrected chi connectivity index (χ0v) is 23.0. The Hall–Kier alpha value is -2.84. The van der Waals surface area contributed by atoms with Gasteiger partial charge in [-0.25, -0.2) is 0 Å². The number of nitrogens with one attached hydrogen (secondary N) is 1. The molecule has 192 valence electrons. The Labute approximate surface area is 236 Å². The van der Waals surface area contributed by atoms with Crippen LogP contribution in [0.15, 0.2) is 66.7 Å². The van der Waals surface area contributed by atoms with Gasteiger partial charge in [0.05, 0.1) is 18.7 Å². The van der Waals surface area contributed by atoms with Gasteiger partial charge >= 0.3 is 0 Å². The molecule has 0 aromatic heterocycles. The van der Waals surface area contributed by atoms with E-state index in [9.17, 15) is 9.59 Å². The molecule has 0 spiro atoms. The fourth-order valence-corrected chi connectivity index (χ4v) is 5.11. The lowest BCUT2D eigenvalue weighted by Gasteiger charge is -2.24. The van der Waals surface area contributed by atoms with Crippen LogP contribution >= 0.6 is 47.0 Å². The van der Waals surface area contributed by atoms with Crippen LogP contribution in [0.5, 0.6) is 5.75 Å². The summed E-state index contributed by atoms with van der Waals surface area (Å²) >= 11 is 24.1. The van der Waals surface area contributed by atoms with Gasteiger partial charge in [0.1, 0.15) is 11.8 Å². The average Bonchev–Trinajstić information content (AvgIpc) is 3.09. The van der Waals surface area contributed by atoms with Crippen LogP contribution in [-0.4, -0.2) is 41.0 Å². The van der Waals surface area contributed by atoms with E-state index in [1.54, 1.807) is 65.6 Å². The molecule has 0 aliphatic carbocycles. The number of carbonyl (C=O) groups is 2. The Kier molecular flexibility index (Phi) is 8.92. The normalized spacial score (nSPS) is 15.3. The molecule has 1 N–H and O–H groups in total. The van der Waals surface area contributed by atoms with Crippen molar-refractivity contribution < 1.29 is 14.3 Å². The van der Waals surface area contributed by atoms with Crippen LogP contribution < -0.4 is 15.0 Å². The second kappa shape index (κ2) is 12.1. The molecule has 4 rings (SSSR count). The van der Waals surface area contributed by atoms with Crippen LogP contribution in [-0.2, 0) is 16.0 Å². The lowest BCUT2D eigenvalue weighted by Crippen LogP contribution is -2.39. The lowest BCUT2D eigenvalue weighted by atomic mass is 10.1. The maximum Gasteiger partial charge on any atom is 0.256 e. The Bertz CT molecular complexity index is 1300. The average molecular weight is 577 g/mol. The molecule has 0 bridgehead atoms. The van der Waals surface area contributed by atoms with E-state index in [1.165, 1.54) is 4.90 Å². The summed E-state index contributed by atoms with van der Waals surface area (Å²) in [5, 5.41) is 4.78. The van der Waals surface area contributed by atoms with Gasteiger partial charge in [0.15, 0.2) is 5.11 Å². The summed E-state index contributed by atoms with van der Waals surface area (Å²) in [4.78, 5) is 29.8. The fourth-order valence-electron chi connectivity index (χ4n) is 4.07. The number of nitrogens with zero attached hydrogens (tertiary/aromatic N) is 2. The second-order valence-corrected chi connectivity index (χ2v) is 9.98. The summed E-state index contributed by atoms with van der Waals surface area (Å²) in [6.45, 7) is 2.82. The highest BCUT2D eigenvalue weighted by molar-refractivity contribution is 7.80. The van der Waals surface area contributed by atoms with Gasteiger partial charge in [0.25, 0.3) is 5.91 Å². The van der Waals surface area contributed by atoms with Gasteiger partial charge in [-0.15, -0.1) is 0 Å². The highest BCUT2D eigenvalue weighted by atomic mass is 35.5. The summed E-state index contributed by atoms with van der Waals surface area (Å²) in [6.07, 6.45) is 0.430. The van der Waals surface area contributed by atoms with E-state index in [1.807, 2.05) is 13.0 Å². The highest BCUT2D eigenvalue weighted by Gasteiger charge is 2.44. The first-order valence-corrected chi connectivity index (χ1v) is 13.2. The molecular weight excluding hydrogens is 553 g/mol. The number of anilines is 2. The van der Waals surface area contributed by atoms with E-state index in [0.29, 0.717) is 56.9 Å². The molecule has 1 heterocycles. The van der Waals surface area contributed by atoms with Gasteiger partial charge in [0, 0.05) is 27.3 Å². The van der Waals surface area contributed by atoms with Crippen molar-refractivity contribution in [1.29, 1.82) is 0 Å². The number of thiocarbonyl (C=S) groups is 1. The van der Waals surface area contributed by atoms with Crippen molar-refractivity contribution in [2.24, 2.45) is 0 Å². The molecule has 1 aliphatic rings. The third-order valence-corrected chi connectivity index (χ3v) is 7.12. The number of carbonyl (C=O) groups excluding carboxylic acids is 2. The molecule has 1 fully saturated rings. The van der Waals surface area contributed by atoms with Crippen LogP contribution in [0.25, 0.3) is 0 Å². The maximum absolute atomic E-state index is 13.6. The lowest BCUT2D eigenvalue weighted by molar-refractivity contribution is -0.124. The van der Waals surface area contributed by atoms with Crippen molar-refractivity contribution in [2.75, 3.05) is 23.4 Å². The van der Waals surface area contributed by atoms with Crippen molar-refractivity contribution in [3.05, 3.63) is 87.4 Å². The van der Waals surface area contributed by atoms with E-state index in [4.69, 9.17) is 51.8 Å². The van der Waals surface area contributed by atoms with Gasteiger partial charge in [-0.3, -0.25) is 14.5 Å². The highest BCUT2D eigenvalue weighted by Crippen LogP contribution is 2.30. The molecule has 3 aromatic carbocycles. The van der Waals surface area contributed by atoms with Crippen LogP contribution in [0.1, 0.15) is 18.9 Å². The van der Waals surface area contributed by atoms with E-state index in [-0.39, 0.29) is 18.2 Å². The van der Waals surface area contributed by atoms with Crippen molar-refractivity contribution in [3.63, 3.8) is 0 Å². The minimum Gasteiger partial charge on any atom is -0.494 e. The standard InChI is InChI=1S/C27H24Cl3N3O3S/c1-2-36-22-11-9-21(10-12-22)33-26(35)24(16-25(34)31-20-7-5-18(28)6-8-20)32(27(33)37)14-13-17-3-4-19(29)15-23(17)30/h3-12,15,24H,2,13-14,16H2,1H3,(H,31,34)/t24-/m0/s1. The molecule has 0 radical (unpaired) electrons. The zero-order chi connectivity index (χ0) is 26.5.